The minimum atomic E-state index is -1.67. The second-order valence-electron chi connectivity index (χ2n) is 5.49. The second kappa shape index (κ2) is 8.13. The zero-order valence-electron chi connectivity index (χ0n) is 14.3. The highest BCUT2D eigenvalue weighted by Crippen LogP contribution is 2.27. The van der Waals surface area contributed by atoms with Crippen molar-refractivity contribution in [3.05, 3.63) is 65.4 Å². The van der Waals surface area contributed by atoms with E-state index in [1.54, 1.807) is 0 Å². The lowest BCUT2D eigenvalue weighted by Gasteiger charge is -2.08. The molecule has 0 saturated heterocycles. The number of carbonyl (C=O) groups excluding carboxylic acids is 1. The zero-order valence-corrected chi connectivity index (χ0v) is 14.3. The number of halogens is 4. The molecule has 0 atom stereocenters. The van der Waals surface area contributed by atoms with Crippen LogP contribution in [0.4, 0.5) is 23.2 Å². The van der Waals surface area contributed by atoms with Crippen LogP contribution in [0, 0.1) is 23.3 Å². The van der Waals surface area contributed by atoms with Gasteiger partial charge in [-0.15, -0.1) is 0 Å². The summed E-state index contributed by atoms with van der Waals surface area (Å²) in [5.41, 5.74) is 0.385. The van der Waals surface area contributed by atoms with Gasteiger partial charge in [-0.1, -0.05) is 0 Å². The Morgan fingerprint density at radius 3 is 2.61 bits per heavy atom. The Balaban J connectivity index is 1.65. The first-order valence-corrected chi connectivity index (χ1v) is 7.76. The van der Waals surface area contributed by atoms with Crippen molar-refractivity contribution >= 4 is 11.6 Å². The third-order valence-electron chi connectivity index (χ3n) is 3.47. The van der Waals surface area contributed by atoms with Crippen LogP contribution in [0.15, 0.2) is 35.0 Å². The van der Waals surface area contributed by atoms with Gasteiger partial charge >= 0.3 is 0 Å². The van der Waals surface area contributed by atoms with Crippen LogP contribution in [0.2, 0.25) is 0 Å². The lowest BCUT2D eigenvalue weighted by atomic mass is 10.3. The molecule has 0 saturated carbocycles. The maximum Gasteiger partial charge on any atom is 0.291 e. The van der Waals surface area contributed by atoms with E-state index in [0.717, 1.165) is 0 Å². The molecule has 0 bridgehead atoms. The van der Waals surface area contributed by atoms with Crippen molar-refractivity contribution in [1.29, 1.82) is 0 Å². The zero-order chi connectivity index (χ0) is 20.3. The lowest BCUT2D eigenvalue weighted by Crippen LogP contribution is -2.10. The van der Waals surface area contributed by atoms with E-state index < -0.39 is 41.5 Å². The van der Waals surface area contributed by atoms with Crippen molar-refractivity contribution < 1.29 is 36.2 Å². The summed E-state index contributed by atoms with van der Waals surface area (Å²) in [5.74, 6) is -8.48. The Hall–Kier alpha value is -3.34. The number of carbonyl (C=O) groups is 1. The predicted molar refractivity (Wildman–Crippen MR) is 86.5 cm³/mol. The molecule has 7 nitrogen and oxygen atoms in total. The number of amides is 1. The smallest absolute Gasteiger partial charge is 0.291 e. The maximum absolute atomic E-state index is 13.6. The van der Waals surface area contributed by atoms with Crippen molar-refractivity contribution in [2.45, 2.75) is 13.3 Å². The monoisotopic (exact) mass is 399 g/mol. The molecule has 1 aromatic carbocycles. The van der Waals surface area contributed by atoms with Gasteiger partial charge < -0.3 is 19.2 Å². The summed E-state index contributed by atoms with van der Waals surface area (Å²) in [6, 6.07) is 2.68. The molecule has 0 spiro atoms. The van der Waals surface area contributed by atoms with Gasteiger partial charge in [-0.05, 0) is 12.1 Å². The summed E-state index contributed by atoms with van der Waals surface area (Å²) in [5, 5.41) is 6.47. The predicted octanol–water partition coefficient (Wildman–Crippen LogP) is 3.47. The van der Waals surface area contributed by atoms with E-state index in [4.69, 9.17) is 13.9 Å². The number of hydrogen-bond acceptors (Lipinski definition) is 5. The fourth-order valence-corrected chi connectivity index (χ4v) is 2.22. The van der Waals surface area contributed by atoms with Gasteiger partial charge in [0.1, 0.15) is 19.1 Å². The average molecular weight is 399 g/mol. The van der Waals surface area contributed by atoms with Gasteiger partial charge in [-0.2, -0.15) is 13.9 Å². The van der Waals surface area contributed by atoms with Crippen LogP contribution in [-0.2, 0) is 18.1 Å². The summed E-state index contributed by atoms with van der Waals surface area (Å²) in [7, 11) is 1.49. The van der Waals surface area contributed by atoms with E-state index in [2.05, 4.69) is 10.4 Å². The van der Waals surface area contributed by atoms with Gasteiger partial charge in [0.05, 0.1) is 18.1 Å². The fourth-order valence-electron chi connectivity index (χ4n) is 2.22. The average Bonchev–Trinajstić information content (AvgIpc) is 3.30. The maximum atomic E-state index is 13.6. The van der Waals surface area contributed by atoms with Crippen molar-refractivity contribution in [3.8, 4) is 5.75 Å². The van der Waals surface area contributed by atoms with Crippen LogP contribution in [0.3, 0.4) is 0 Å². The van der Waals surface area contributed by atoms with Gasteiger partial charge in [-0.25, -0.2) is 13.5 Å². The Labute approximate surface area is 155 Å². The van der Waals surface area contributed by atoms with E-state index >= 15 is 0 Å². The molecular formula is C17H13F4N3O4. The van der Waals surface area contributed by atoms with E-state index in [9.17, 15) is 22.4 Å². The molecule has 3 rings (SSSR count). The second-order valence-corrected chi connectivity index (χ2v) is 5.49. The number of nitrogens with one attached hydrogen (secondary N) is 1. The van der Waals surface area contributed by atoms with Crippen LogP contribution >= 0.6 is 0 Å². The van der Waals surface area contributed by atoms with Gasteiger partial charge in [0, 0.05) is 13.2 Å². The highest BCUT2D eigenvalue weighted by molar-refractivity contribution is 6.02. The van der Waals surface area contributed by atoms with Gasteiger partial charge in [0.25, 0.3) is 5.91 Å². The molecule has 0 radical (unpaired) electrons. The Kier molecular flexibility index (Phi) is 5.64. The Morgan fingerprint density at radius 1 is 1.21 bits per heavy atom. The van der Waals surface area contributed by atoms with Crippen LogP contribution in [0.5, 0.6) is 5.75 Å². The first kappa shape index (κ1) is 19.4. The standard InChI is InChI=1S/C17H13F4N3O4/c1-26-8-24-6-9(5-22-24)23-17(25)13-3-2-10(28-13)7-27-16-14(20)11(18)4-12(19)15(16)21/h2-6H,7-8H2,1H3,(H,23,25). The highest BCUT2D eigenvalue weighted by atomic mass is 19.2. The van der Waals surface area contributed by atoms with Crippen LogP contribution in [0.25, 0.3) is 0 Å². The van der Waals surface area contributed by atoms with Gasteiger partial charge in [0.2, 0.25) is 11.6 Å². The Bertz CT molecular complexity index is 976. The van der Waals surface area contributed by atoms with E-state index in [1.165, 1.54) is 36.3 Å². The minimum Gasteiger partial charge on any atom is -0.479 e. The number of furan rings is 1. The molecule has 0 fully saturated rings. The summed E-state index contributed by atoms with van der Waals surface area (Å²) < 4.78 is 69.8. The molecule has 2 heterocycles. The number of ether oxygens (including phenoxy) is 2. The minimum absolute atomic E-state index is 0.00342. The third-order valence-corrected chi connectivity index (χ3v) is 3.47. The topological polar surface area (TPSA) is 78.5 Å². The molecule has 28 heavy (non-hydrogen) atoms. The molecule has 0 aliphatic rings. The SMILES string of the molecule is COCn1cc(NC(=O)c2ccc(COc3c(F)c(F)cc(F)c3F)o2)cn1. The molecule has 0 unspecified atom stereocenters. The highest BCUT2D eigenvalue weighted by Gasteiger charge is 2.21. The summed E-state index contributed by atoms with van der Waals surface area (Å²) in [6.07, 6.45) is 2.92. The van der Waals surface area contributed by atoms with E-state index in [1.807, 2.05) is 0 Å². The van der Waals surface area contributed by atoms with Crippen LogP contribution in [0.1, 0.15) is 16.3 Å². The molecule has 2 aromatic heterocycles. The van der Waals surface area contributed by atoms with Gasteiger partial charge in [-0.3, -0.25) is 4.79 Å². The molecule has 0 aliphatic carbocycles. The fraction of sp³-hybridized carbons (Fsp3) is 0.176. The third kappa shape index (κ3) is 4.14. The number of hydrogen-bond donors (Lipinski definition) is 1. The molecule has 0 aliphatic heterocycles. The molecule has 1 amide bonds. The van der Waals surface area contributed by atoms with Crippen LogP contribution in [-0.4, -0.2) is 22.8 Å². The molecule has 148 valence electrons. The summed E-state index contributed by atoms with van der Waals surface area (Å²) in [4.78, 5) is 12.1. The normalized spacial score (nSPS) is 10.9. The number of anilines is 1. The number of rotatable bonds is 7. The first-order valence-electron chi connectivity index (χ1n) is 7.76. The number of benzene rings is 1. The Morgan fingerprint density at radius 2 is 1.93 bits per heavy atom. The largest absolute Gasteiger partial charge is 0.479 e. The van der Waals surface area contributed by atoms with Crippen molar-refractivity contribution in [2.24, 2.45) is 0 Å². The number of methoxy groups -OCH3 is 1. The lowest BCUT2D eigenvalue weighted by molar-refractivity contribution is 0.0992. The number of nitrogens with zero attached hydrogens (tertiary/aromatic N) is 2. The van der Waals surface area contributed by atoms with Crippen molar-refractivity contribution in [3.63, 3.8) is 0 Å². The first-order chi connectivity index (χ1) is 13.4. The molecular weight excluding hydrogens is 386 g/mol. The van der Waals surface area contributed by atoms with Gasteiger partial charge in [0.15, 0.2) is 23.1 Å². The summed E-state index contributed by atoms with van der Waals surface area (Å²) in [6.45, 7) is -0.359. The number of aromatic nitrogens is 2. The quantitative estimate of drug-likeness (QED) is 0.486. The van der Waals surface area contributed by atoms with Crippen molar-refractivity contribution in [1.82, 2.24) is 9.78 Å². The van der Waals surface area contributed by atoms with E-state index in [-0.39, 0.29) is 24.3 Å². The molecule has 11 heteroatoms. The van der Waals surface area contributed by atoms with Crippen molar-refractivity contribution in [2.75, 3.05) is 12.4 Å². The van der Waals surface area contributed by atoms with Crippen LogP contribution < -0.4 is 10.1 Å². The molecule has 1 N–H and O–H groups in total. The summed E-state index contributed by atoms with van der Waals surface area (Å²) >= 11 is 0. The van der Waals surface area contributed by atoms with E-state index in [0.29, 0.717) is 5.69 Å². The molecule has 3 aromatic rings.